The average molecular weight is 419 g/mol. The number of anilines is 3. The van der Waals surface area contributed by atoms with Gasteiger partial charge in [0.15, 0.2) is 5.75 Å². The molecule has 1 saturated carbocycles. The van der Waals surface area contributed by atoms with E-state index < -0.39 is 10.9 Å². The van der Waals surface area contributed by atoms with E-state index in [1.807, 2.05) is 18.2 Å². The normalized spacial score (nSPS) is 18.1. The summed E-state index contributed by atoms with van der Waals surface area (Å²) >= 11 is 0. The molecule has 3 aromatic rings. The molecule has 3 N–H and O–H groups in total. The van der Waals surface area contributed by atoms with Crippen molar-refractivity contribution in [3.05, 3.63) is 80.1 Å². The van der Waals surface area contributed by atoms with Crippen LogP contribution in [0.2, 0.25) is 0 Å². The van der Waals surface area contributed by atoms with Crippen LogP contribution in [0, 0.1) is 0 Å². The summed E-state index contributed by atoms with van der Waals surface area (Å²) in [6.07, 6.45) is 2.94. The van der Waals surface area contributed by atoms with Crippen molar-refractivity contribution in [2.45, 2.75) is 31.2 Å². The Bertz CT molecular complexity index is 1180. The van der Waals surface area contributed by atoms with Crippen molar-refractivity contribution in [1.82, 2.24) is 4.90 Å². The van der Waals surface area contributed by atoms with Crippen molar-refractivity contribution in [1.29, 1.82) is 0 Å². The maximum atomic E-state index is 12.3. The van der Waals surface area contributed by atoms with Crippen LogP contribution < -0.4 is 21.5 Å². The molecule has 1 aliphatic rings. The van der Waals surface area contributed by atoms with Gasteiger partial charge < -0.3 is 20.6 Å². The van der Waals surface area contributed by atoms with Gasteiger partial charge in [0.25, 0.3) is 16.8 Å². The van der Waals surface area contributed by atoms with Crippen LogP contribution in [0.5, 0.6) is 5.75 Å². The Labute approximate surface area is 180 Å². The van der Waals surface area contributed by atoms with Crippen molar-refractivity contribution in [2.75, 3.05) is 24.7 Å². The Balaban J connectivity index is 1.59. The SMILES string of the molecule is CN(C)C(=O)c1cccc(Nc2c(N[C@@H]3CCC[C@H]3c3ccccc3)c(=O)c2=O)c1O. The first-order valence-electron chi connectivity index (χ1n) is 10.3. The first kappa shape index (κ1) is 20.7. The molecule has 0 unspecified atom stereocenters. The number of carbonyl (C=O) groups is 1. The highest BCUT2D eigenvalue weighted by Crippen LogP contribution is 2.38. The highest BCUT2D eigenvalue weighted by atomic mass is 16.3. The minimum Gasteiger partial charge on any atom is -0.505 e. The van der Waals surface area contributed by atoms with Crippen molar-refractivity contribution >= 4 is 23.0 Å². The molecule has 1 aliphatic carbocycles. The van der Waals surface area contributed by atoms with E-state index >= 15 is 0 Å². The lowest BCUT2D eigenvalue weighted by molar-refractivity contribution is 0.0824. The molecule has 160 valence electrons. The highest BCUT2D eigenvalue weighted by molar-refractivity contribution is 5.99. The van der Waals surface area contributed by atoms with Crippen LogP contribution in [-0.2, 0) is 0 Å². The van der Waals surface area contributed by atoms with Crippen LogP contribution in [0.15, 0.2) is 58.1 Å². The van der Waals surface area contributed by atoms with Crippen LogP contribution in [0.4, 0.5) is 17.1 Å². The molecule has 4 rings (SSSR count). The van der Waals surface area contributed by atoms with E-state index in [1.54, 1.807) is 26.2 Å². The smallest absolute Gasteiger partial charge is 0.257 e. The zero-order valence-corrected chi connectivity index (χ0v) is 17.5. The molecule has 1 amide bonds. The standard InChI is InChI=1S/C24H25N3O4/c1-27(2)24(31)16-11-7-13-18(21(16)28)26-20-19(22(29)23(20)30)25-17-12-6-10-15(17)14-8-4-3-5-9-14/h3-5,7-9,11,13,15,17,25-26,28H,6,10,12H2,1-2H3/t15-,17+/m0/s1. The number of amides is 1. The van der Waals surface area contributed by atoms with Crippen LogP contribution in [0.3, 0.4) is 0 Å². The predicted octanol–water partition coefficient (Wildman–Crippen LogP) is 3.18. The van der Waals surface area contributed by atoms with Crippen LogP contribution in [0.1, 0.15) is 41.1 Å². The summed E-state index contributed by atoms with van der Waals surface area (Å²) in [5.41, 5.74) is 0.673. The Morgan fingerprint density at radius 2 is 1.68 bits per heavy atom. The molecule has 31 heavy (non-hydrogen) atoms. The molecule has 0 radical (unpaired) electrons. The molecule has 7 heteroatoms. The highest BCUT2D eigenvalue weighted by Gasteiger charge is 2.32. The van der Waals surface area contributed by atoms with Gasteiger partial charge in [-0.2, -0.15) is 0 Å². The molecule has 7 nitrogen and oxygen atoms in total. The lowest BCUT2D eigenvalue weighted by atomic mass is 9.93. The Kier molecular flexibility index (Phi) is 5.50. The number of nitrogens with one attached hydrogen (secondary N) is 2. The first-order valence-corrected chi connectivity index (χ1v) is 10.3. The number of aromatic hydroxyl groups is 1. The minimum atomic E-state index is -0.638. The number of rotatable bonds is 6. The molecular formula is C24H25N3O4. The van der Waals surface area contributed by atoms with Crippen molar-refractivity contribution in [3.63, 3.8) is 0 Å². The van der Waals surface area contributed by atoms with Crippen molar-refractivity contribution < 1.29 is 9.90 Å². The number of hydrogen-bond acceptors (Lipinski definition) is 6. The maximum absolute atomic E-state index is 12.3. The predicted molar refractivity (Wildman–Crippen MR) is 121 cm³/mol. The van der Waals surface area contributed by atoms with Crippen molar-refractivity contribution in [2.24, 2.45) is 0 Å². The second-order valence-corrected chi connectivity index (χ2v) is 8.13. The molecular weight excluding hydrogens is 394 g/mol. The number of hydrogen-bond donors (Lipinski definition) is 3. The van der Waals surface area contributed by atoms with Gasteiger partial charge >= 0.3 is 0 Å². The average Bonchev–Trinajstić information content (AvgIpc) is 3.25. The summed E-state index contributed by atoms with van der Waals surface area (Å²) in [5.74, 6) is -0.364. The van der Waals surface area contributed by atoms with Gasteiger partial charge in [-0.05, 0) is 30.5 Å². The lowest BCUT2D eigenvalue weighted by Crippen LogP contribution is -2.39. The summed E-state index contributed by atoms with van der Waals surface area (Å²) < 4.78 is 0. The molecule has 3 aromatic carbocycles. The quantitative estimate of drug-likeness (QED) is 0.419. The van der Waals surface area contributed by atoms with Gasteiger partial charge in [0, 0.05) is 26.1 Å². The lowest BCUT2D eigenvalue weighted by Gasteiger charge is -2.25. The fourth-order valence-electron chi connectivity index (χ4n) is 4.26. The van der Waals surface area contributed by atoms with Crippen molar-refractivity contribution in [3.8, 4) is 5.75 Å². The zero-order chi connectivity index (χ0) is 22.1. The molecule has 0 aromatic heterocycles. The molecule has 0 aliphatic heterocycles. The van der Waals surface area contributed by atoms with E-state index in [0.29, 0.717) is 0 Å². The number of para-hydroxylation sites is 1. The monoisotopic (exact) mass is 419 g/mol. The second kappa shape index (κ2) is 8.26. The summed E-state index contributed by atoms with van der Waals surface area (Å²) in [6.45, 7) is 0. The third kappa shape index (κ3) is 3.79. The fraction of sp³-hybridized carbons (Fsp3) is 0.292. The third-order valence-corrected chi connectivity index (χ3v) is 5.92. The number of carbonyl (C=O) groups excluding carboxylic acids is 1. The number of benzene rings is 2. The summed E-state index contributed by atoms with van der Waals surface area (Å²) in [5, 5.41) is 16.7. The van der Waals surface area contributed by atoms with Gasteiger partial charge in [-0.1, -0.05) is 42.8 Å². The Hall–Kier alpha value is -3.61. The van der Waals surface area contributed by atoms with Gasteiger partial charge in [-0.25, -0.2) is 0 Å². The van der Waals surface area contributed by atoms with Gasteiger partial charge in [0.1, 0.15) is 11.4 Å². The van der Waals surface area contributed by atoms with Crippen LogP contribution in [0.25, 0.3) is 0 Å². The molecule has 0 spiro atoms. The van der Waals surface area contributed by atoms with Gasteiger partial charge in [0.05, 0.1) is 11.3 Å². The van der Waals surface area contributed by atoms with Gasteiger partial charge in [-0.15, -0.1) is 0 Å². The summed E-state index contributed by atoms with van der Waals surface area (Å²) in [4.78, 5) is 38.2. The third-order valence-electron chi connectivity index (χ3n) is 5.92. The van der Waals surface area contributed by atoms with Crippen LogP contribution in [-0.4, -0.2) is 36.1 Å². The minimum absolute atomic E-state index is 0.0431. The molecule has 1 fully saturated rings. The molecule has 2 atom stereocenters. The second-order valence-electron chi connectivity index (χ2n) is 8.13. The zero-order valence-electron chi connectivity index (χ0n) is 17.5. The van der Waals surface area contributed by atoms with E-state index in [-0.39, 0.29) is 46.2 Å². The molecule has 0 bridgehead atoms. The Morgan fingerprint density at radius 3 is 2.39 bits per heavy atom. The summed E-state index contributed by atoms with van der Waals surface area (Å²) in [7, 11) is 3.18. The number of phenolic OH excluding ortho intramolecular Hbond substituents is 1. The number of phenols is 1. The van der Waals surface area contributed by atoms with E-state index in [9.17, 15) is 19.5 Å². The first-order chi connectivity index (χ1) is 14.9. The summed E-state index contributed by atoms with van der Waals surface area (Å²) in [6, 6.07) is 14.9. The fourth-order valence-corrected chi connectivity index (χ4v) is 4.26. The van der Waals surface area contributed by atoms with E-state index in [1.165, 1.54) is 16.5 Å². The van der Waals surface area contributed by atoms with E-state index in [0.717, 1.165) is 19.3 Å². The largest absolute Gasteiger partial charge is 0.505 e. The maximum Gasteiger partial charge on any atom is 0.257 e. The topological polar surface area (TPSA) is 98.7 Å². The van der Waals surface area contributed by atoms with Crippen LogP contribution >= 0.6 is 0 Å². The van der Waals surface area contributed by atoms with Gasteiger partial charge in [0.2, 0.25) is 0 Å². The molecule has 0 saturated heterocycles. The number of nitrogens with zero attached hydrogens (tertiary/aromatic N) is 1. The van der Waals surface area contributed by atoms with E-state index in [4.69, 9.17) is 0 Å². The Morgan fingerprint density at radius 1 is 0.968 bits per heavy atom. The van der Waals surface area contributed by atoms with Gasteiger partial charge in [-0.3, -0.25) is 14.4 Å². The van der Waals surface area contributed by atoms with E-state index in [2.05, 4.69) is 22.8 Å². The molecule has 0 heterocycles.